The zero-order valence-corrected chi connectivity index (χ0v) is 12.5. The normalized spacial score (nSPS) is 23.3. The molecule has 3 nitrogen and oxygen atoms in total. The van der Waals surface area contributed by atoms with Gasteiger partial charge in [0.15, 0.2) is 0 Å². The molecule has 4 rings (SSSR count). The number of nitrogens with one attached hydrogen (secondary N) is 1. The first kappa shape index (κ1) is 13.1. The van der Waals surface area contributed by atoms with Gasteiger partial charge >= 0.3 is 0 Å². The zero-order chi connectivity index (χ0) is 15.0. The Hall–Kier alpha value is -2.55. The van der Waals surface area contributed by atoms with Crippen LogP contribution < -0.4 is 5.32 Å². The van der Waals surface area contributed by atoms with Crippen LogP contribution in [0.3, 0.4) is 0 Å². The SMILES string of the molecule is C[C@]1(c2ccco2)CC(C2=CC=CC2)=Nc2ccccc2N1. The molecule has 0 fully saturated rings. The molecular formula is C19H18N2O. The summed E-state index contributed by atoms with van der Waals surface area (Å²) in [5.74, 6) is 0.934. The second-order valence-electron chi connectivity index (χ2n) is 6.01. The Balaban J connectivity index is 1.84. The van der Waals surface area contributed by atoms with Gasteiger partial charge < -0.3 is 9.73 Å². The number of allylic oxidation sites excluding steroid dienone is 4. The molecule has 0 spiro atoms. The van der Waals surface area contributed by atoms with E-state index in [0.29, 0.717) is 0 Å². The number of rotatable bonds is 2. The van der Waals surface area contributed by atoms with Crippen LogP contribution in [0.1, 0.15) is 25.5 Å². The first-order valence-electron chi connectivity index (χ1n) is 7.59. The number of fused-ring (bicyclic) bond motifs is 1. The van der Waals surface area contributed by atoms with Gasteiger partial charge in [-0.2, -0.15) is 0 Å². The topological polar surface area (TPSA) is 37.5 Å². The first-order chi connectivity index (χ1) is 10.7. The van der Waals surface area contributed by atoms with Crippen molar-refractivity contribution < 1.29 is 4.42 Å². The lowest BCUT2D eigenvalue weighted by molar-refractivity contribution is 0.404. The van der Waals surface area contributed by atoms with Crippen molar-refractivity contribution in [1.29, 1.82) is 0 Å². The third-order valence-corrected chi connectivity index (χ3v) is 4.30. The molecular weight excluding hydrogens is 272 g/mol. The number of benzene rings is 1. The van der Waals surface area contributed by atoms with E-state index in [-0.39, 0.29) is 5.54 Å². The maximum Gasteiger partial charge on any atom is 0.129 e. The van der Waals surface area contributed by atoms with E-state index in [1.807, 2.05) is 24.3 Å². The van der Waals surface area contributed by atoms with Gasteiger partial charge in [0.05, 0.1) is 23.2 Å². The lowest BCUT2D eigenvalue weighted by atomic mass is 9.89. The predicted octanol–water partition coefficient (Wildman–Crippen LogP) is 4.97. The maximum atomic E-state index is 5.70. The molecule has 22 heavy (non-hydrogen) atoms. The molecule has 2 aliphatic rings. The molecule has 0 saturated heterocycles. The summed E-state index contributed by atoms with van der Waals surface area (Å²) in [4.78, 5) is 4.93. The van der Waals surface area contributed by atoms with Crippen molar-refractivity contribution in [1.82, 2.24) is 0 Å². The van der Waals surface area contributed by atoms with Crippen molar-refractivity contribution in [3.05, 3.63) is 72.2 Å². The molecule has 0 amide bonds. The fourth-order valence-corrected chi connectivity index (χ4v) is 3.13. The van der Waals surface area contributed by atoms with Crippen LogP contribution in [0.2, 0.25) is 0 Å². The number of hydrogen-bond acceptors (Lipinski definition) is 3. The van der Waals surface area contributed by atoms with E-state index < -0.39 is 0 Å². The van der Waals surface area contributed by atoms with E-state index in [4.69, 9.17) is 9.41 Å². The summed E-state index contributed by atoms with van der Waals surface area (Å²) < 4.78 is 5.70. The van der Waals surface area contributed by atoms with Gasteiger partial charge in [0.25, 0.3) is 0 Å². The Labute approximate surface area is 130 Å². The Morgan fingerprint density at radius 2 is 2.09 bits per heavy atom. The van der Waals surface area contributed by atoms with Gasteiger partial charge in [0.2, 0.25) is 0 Å². The molecule has 1 N–H and O–H groups in total. The van der Waals surface area contributed by atoms with Gasteiger partial charge in [0.1, 0.15) is 5.76 Å². The molecule has 2 aromatic rings. The summed E-state index contributed by atoms with van der Waals surface area (Å²) in [5.41, 5.74) is 4.14. The van der Waals surface area contributed by atoms with Gasteiger partial charge in [-0.3, -0.25) is 4.99 Å². The van der Waals surface area contributed by atoms with E-state index in [1.165, 1.54) is 5.57 Å². The minimum absolute atomic E-state index is 0.307. The number of furan rings is 1. The van der Waals surface area contributed by atoms with Crippen molar-refractivity contribution in [3.8, 4) is 0 Å². The second-order valence-corrected chi connectivity index (χ2v) is 6.01. The summed E-state index contributed by atoms with van der Waals surface area (Å²) in [6.45, 7) is 2.17. The van der Waals surface area contributed by atoms with Crippen molar-refractivity contribution in [3.63, 3.8) is 0 Å². The molecule has 0 bridgehead atoms. The second kappa shape index (κ2) is 5.02. The number of hydrogen-bond donors (Lipinski definition) is 1. The van der Waals surface area contributed by atoms with E-state index in [2.05, 4.69) is 42.6 Å². The van der Waals surface area contributed by atoms with Crippen LogP contribution in [-0.4, -0.2) is 5.71 Å². The Morgan fingerprint density at radius 1 is 1.18 bits per heavy atom. The molecule has 1 aromatic heterocycles. The molecule has 2 heterocycles. The van der Waals surface area contributed by atoms with Gasteiger partial charge in [-0.25, -0.2) is 0 Å². The smallest absolute Gasteiger partial charge is 0.129 e. The largest absolute Gasteiger partial charge is 0.467 e. The van der Waals surface area contributed by atoms with Crippen LogP contribution in [0.4, 0.5) is 11.4 Å². The summed E-state index contributed by atoms with van der Waals surface area (Å²) in [6, 6.07) is 12.2. The highest BCUT2D eigenvalue weighted by atomic mass is 16.3. The van der Waals surface area contributed by atoms with Crippen LogP contribution in [0.25, 0.3) is 0 Å². The molecule has 1 aromatic carbocycles. The number of anilines is 1. The lowest BCUT2D eigenvalue weighted by Gasteiger charge is -2.29. The van der Waals surface area contributed by atoms with Crippen LogP contribution in [0.5, 0.6) is 0 Å². The third kappa shape index (κ3) is 2.19. The van der Waals surface area contributed by atoms with Crippen LogP contribution >= 0.6 is 0 Å². The molecule has 1 aliphatic carbocycles. The zero-order valence-electron chi connectivity index (χ0n) is 12.5. The molecule has 3 heteroatoms. The van der Waals surface area contributed by atoms with Gasteiger partial charge in [-0.05, 0) is 43.2 Å². The molecule has 0 saturated carbocycles. The summed E-state index contributed by atoms with van der Waals surface area (Å²) in [5, 5.41) is 3.64. The Kier molecular flexibility index (Phi) is 3.00. The lowest BCUT2D eigenvalue weighted by Crippen LogP contribution is -2.33. The standard InChI is InChI=1S/C19H18N2O/c1-19(18-11-6-12-22-18)13-17(14-7-2-3-8-14)20-15-9-4-5-10-16(15)21-19/h2-7,9-12,21H,8,13H2,1H3/t19-/m1/s1. The van der Waals surface area contributed by atoms with Crippen LogP contribution in [0, 0.1) is 0 Å². The van der Waals surface area contributed by atoms with Crippen LogP contribution in [-0.2, 0) is 5.54 Å². The minimum Gasteiger partial charge on any atom is -0.467 e. The summed E-state index contributed by atoms with van der Waals surface area (Å²) >= 11 is 0. The number of nitrogens with zero attached hydrogens (tertiary/aromatic N) is 1. The Bertz CT molecular complexity index is 784. The van der Waals surface area contributed by atoms with Crippen LogP contribution in [0.15, 0.2) is 75.9 Å². The fourth-order valence-electron chi connectivity index (χ4n) is 3.13. The monoisotopic (exact) mass is 290 g/mol. The molecule has 110 valence electrons. The maximum absolute atomic E-state index is 5.70. The van der Waals surface area contributed by atoms with Crippen molar-refractivity contribution >= 4 is 17.1 Å². The van der Waals surface area contributed by atoms with Gasteiger partial charge in [-0.1, -0.05) is 30.4 Å². The third-order valence-electron chi connectivity index (χ3n) is 4.30. The van der Waals surface area contributed by atoms with Crippen molar-refractivity contribution in [2.24, 2.45) is 4.99 Å². The van der Waals surface area contributed by atoms with Crippen molar-refractivity contribution in [2.45, 2.75) is 25.3 Å². The molecule has 0 radical (unpaired) electrons. The quantitative estimate of drug-likeness (QED) is 0.848. The minimum atomic E-state index is -0.307. The number of para-hydroxylation sites is 2. The van der Waals surface area contributed by atoms with E-state index in [1.54, 1.807) is 6.26 Å². The predicted molar refractivity (Wildman–Crippen MR) is 89.7 cm³/mol. The Morgan fingerprint density at radius 3 is 2.86 bits per heavy atom. The van der Waals surface area contributed by atoms with E-state index in [0.717, 1.165) is 35.7 Å². The fraction of sp³-hybridized carbons (Fsp3) is 0.211. The summed E-state index contributed by atoms with van der Waals surface area (Å²) in [7, 11) is 0. The summed E-state index contributed by atoms with van der Waals surface area (Å²) in [6.07, 6.45) is 9.91. The molecule has 1 aliphatic heterocycles. The average molecular weight is 290 g/mol. The van der Waals surface area contributed by atoms with E-state index >= 15 is 0 Å². The van der Waals surface area contributed by atoms with Gasteiger partial charge in [-0.15, -0.1) is 0 Å². The first-order valence-corrected chi connectivity index (χ1v) is 7.59. The molecule has 0 unspecified atom stereocenters. The van der Waals surface area contributed by atoms with Crippen molar-refractivity contribution in [2.75, 3.05) is 5.32 Å². The van der Waals surface area contributed by atoms with E-state index in [9.17, 15) is 0 Å². The highest BCUT2D eigenvalue weighted by molar-refractivity contribution is 6.05. The highest BCUT2D eigenvalue weighted by Gasteiger charge is 2.34. The number of aliphatic imine (C=N–C) groups is 1. The molecule has 1 atom stereocenters. The van der Waals surface area contributed by atoms with Gasteiger partial charge in [0, 0.05) is 12.1 Å². The highest BCUT2D eigenvalue weighted by Crippen LogP contribution is 2.39. The average Bonchev–Trinajstić information content (AvgIpc) is 3.20.